The molecule has 1 aliphatic heterocycles. The first-order valence-corrected chi connectivity index (χ1v) is 8.41. The number of hydrogen-bond acceptors (Lipinski definition) is 4. The first kappa shape index (κ1) is 17.3. The standard InChI is InChI=1S/C18H23FN4O2/c1-12-9-13(19)6-7-15(12)23-8-4-5-14(11-23)20-16-10-17(24)22(3)18(25)21(16)2/h6-7,9-10,14,20H,4-5,8,11H2,1-3H3. The Morgan fingerprint density at radius 2 is 1.92 bits per heavy atom. The van der Waals surface area contributed by atoms with Crippen LogP contribution in [0.4, 0.5) is 15.9 Å². The van der Waals surface area contributed by atoms with Crippen LogP contribution >= 0.6 is 0 Å². The molecule has 1 aromatic carbocycles. The molecule has 0 radical (unpaired) electrons. The fraction of sp³-hybridized carbons (Fsp3) is 0.444. The number of piperidine rings is 1. The molecule has 1 aromatic heterocycles. The molecule has 0 saturated carbocycles. The molecule has 1 fully saturated rings. The predicted octanol–water partition coefficient (Wildman–Crippen LogP) is 1.61. The van der Waals surface area contributed by atoms with Crippen molar-refractivity contribution in [3.05, 3.63) is 56.5 Å². The highest BCUT2D eigenvalue weighted by atomic mass is 19.1. The van der Waals surface area contributed by atoms with Gasteiger partial charge in [-0.1, -0.05) is 0 Å². The van der Waals surface area contributed by atoms with Crippen LogP contribution in [0.5, 0.6) is 0 Å². The topological polar surface area (TPSA) is 59.3 Å². The highest BCUT2D eigenvalue weighted by Crippen LogP contribution is 2.25. The van der Waals surface area contributed by atoms with E-state index in [0.717, 1.165) is 41.7 Å². The van der Waals surface area contributed by atoms with Gasteiger partial charge in [0.25, 0.3) is 5.56 Å². The monoisotopic (exact) mass is 346 g/mol. The molecule has 1 unspecified atom stereocenters. The smallest absolute Gasteiger partial charge is 0.332 e. The van der Waals surface area contributed by atoms with Crippen LogP contribution in [0.1, 0.15) is 18.4 Å². The Morgan fingerprint density at radius 3 is 2.64 bits per heavy atom. The van der Waals surface area contributed by atoms with Crippen molar-refractivity contribution in [1.29, 1.82) is 0 Å². The van der Waals surface area contributed by atoms with E-state index in [0.29, 0.717) is 5.82 Å². The zero-order chi connectivity index (χ0) is 18.1. The Balaban J connectivity index is 1.81. The van der Waals surface area contributed by atoms with E-state index in [9.17, 15) is 14.0 Å². The highest BCUT2D eigenvalue weighted by Gasteiger charge is 2.22. The number of aryl methyl sites for hydroxylation is 1. The summed E-state index contributed by atoms with van der Waals surface area (Å²) in [6.07, 6.45) is 1.92. The quantitative estimate of drug-likeness (QED) is 0.917. The first-order chi connectivity index (χ1) is 11.9. The molecule has 3 rings (SSSR count). The number of nitrogens with zero attached hydrogens (tertiary/aromatic N) is 3. The van der Waals surface area contributed by atoms with Gasteiger partial charge in [-0.2, -0.15) is 0 Å². The normalized spacial score (nSPS) is 17.6. The van der Waals surface area contributed by atoms with Crippen LogP contribution in [0.3, 0.4) is 0 Å². The Labute approximate surface area is 145 Å². The molecule has 1 saturated heterocycles. The minimum absolute atomic E-state index is 0.107. The molecular formula is C18H23FN4O2. The van der Waals surface area contributed by atoms with Gasteiger partial charge in [0.05, 0.1) is 0 Å². The fourth-order valence-electron chi connectivity index (χ4n) is 3.37. The van der Waals surface area contributed by atoms with E-state index in [-0.39, 0.29) is 23.1 Å². The van der Waals surface area contributed by atoms with Crippen LogP contribution in [0.2, 0.25) is 0 Å². The second-order valence-corrected chi connectivity index (χ2v) is 6.63. The molecule has 1 atom stereocenters. The van der Waals surface area contributed by atoms with Crippen molar-refractivity contribution in [1.82, 2.24) is 9.13 Å². The number of rotatable bonds is 3. The lowest BCUT2D eigenvalue weighted by molar-refractivity contribution is 0.523. The van der Waals surface area contributed by atoms with E-state index in [2.05, 4.69) is 10.2 Å². The number of hydrogen-bond donors (Lipinski definition) is 1. The lowest BCUT2D eigenvalue weighted by Gasteiger charge is -2.36. The maximum Gasteiger partial charge on any atom is 0.332 e. The average molecular weight is 346 g/mol. The molecule has 0 amide bonds. The van der Waals surface area contributed by atoms with Gasteiger partial charge in [0.15, 0.2) is 0 Å². The van der Waals surface area contributed by atoms with Crippen LogP contribution in [-0.2, 0) is 14.1 Å². The molecule has 1 aliphatic rings. The molecule has 0 bridgehead atoms. The highest BCUT2D eigenvalue weighted by molar-refractivity contribution is 5.54. The van der Waals surface area contributed by atoms with Gasteiger partial charge in [-0.15, -0.1) is 0 Å². The summed E-state index contributed by atoms with van der Waals surface area (Å²) in [5.74, 6) is 0.291. The minimum atomic E-state index is -0.350. The van der Waals surface area contributed by atoms with Gasteiger partial charge in [-0.05, 0) is 43.5 Å². The maximum absolute atomic E-state index is 13.3. The van der Waals surface area contributed by atoms with Crippen molar-refractivity contribution in [2.24, 2.45) is 14.1 Å². The van der Waals surface area contributed by atoms with Gasteiger partial charge < -0.3 is 10.2 Å². The zero-order valence-corrected chi connectivity index (χ0v) is 14.8. The Bertz CT molecular complexity index is 903. The second kappa shape index (κ2) is 6.74. The summed E-state index contributed by atoms with van der Waals surface area (Å²) in [7, 11) is 3.11. The average Bonchev–Trinajstić information content (AvgIpc) is 2.58. The Hall–Kier alpha value is -2.57. The van der Waals surface area contributed by atoms with Gasteiger partial charge >= 0.3 is 5.69 Å². The van der Waals surface area contributed by atoms with Crippen LogP contribution in [0, 0.1) is 12.7 Å². The van der Waals surface area contributed by atoms with Gasteiger partial charge in [0.2, 0.25) is 0 Å². The molecule has 6 nitrogen and oxygen atoms in total. The molecule has 2 heterocycles. The lowest BCUT2D eigenvalue weighted by atomic mass is 10.0. The van der Waals surface area contributed by atoms with Crippen molar-refractivity contribution in [2.45, 2.75) is 25.8 Å². The molecule has 1 N–H and O–H groups in total. The predicted molar refractivity (Wildman–Crippen MR) is 96.9 cm³/mol. The first-order valence-electron chi connectivity index (χ1n) is 8.41. The summed E-state index contributed by atoms with van der Waals surface area (Å²) < 4.78 is 15.9. The van der Waals surface area contributed by atoms with Gasteiger partial charge in [-0.3, -0.25) is 13.9 Å². The molecule has 134 valence electrons. The third kappa shape index (κ3) is 3.45. The zero-order valence-electron chi connectivity index (χ0n) is 14.8. The molecule has 0 aliphatic carbocycles. The van der Waals surface area contributed by atoms with Crippen LogP contribution < -0.4 is 21.5 Å². The van der Waals surface area contributed by atoms with Crippen molar-refractivity contribution in [3.8, 4) is 0 Å². The third-order valence-corrected chi connectivity index (χ3v) is 4.80. The molecular weight excluding hydrogens is 323 g/mol. The Kier molecular flexibility index (Phi) is 4.65. The van der Waals surface area contributed by atoms with Crippen molar-refractivity contribution >= 4 is 11.5 Å². The van der Waals surface area contributed by atoms with E-state index in [1.165, 1.54) is 29.8 Å². The summed E-state index contributed by atoms with van der Waals surface area (Å²) in [4.78, 5) is 26.2. The second-order valence-electron chi connectivity index (χ2n) is 6.63. The number of nitrogens with one attached hydrogen (secondary N) is 1. The SMILES string of the molecule is Cc1cc(F)ccc1N1CCCC(Nc2cc(=O)n(C)c(=O)n2C)C1. The minimum Gasteiger partial charge on any atom is -0.369 e. The van der Waals surface area contributed by atoms with Gasteiger partial charge in [0, 0.05) is 45.0 Å². The van der Waals surface area contributed by atoms with E-state index >= 15 is 0 Å². The largest absolute Gasteiger partial charge is 0.369 e. The number of halogens is 1. The van der Waals surface area contributed by atoms with Crippen molar-refractivity contribution in [2.75, 3.05) is 23.3 Å². The maximum atomic E-state index is 13.3. The third-order valence-electron chi connectivity index (χ3n) is 4.80. The molecule has 25 heavy (non-hydrogen) atoms. The van der Waals surface area contributed by atoms with Crippen molar-refractivity contribution in [3.63, 3.8) is 0 Å². The molecule has 2 aromatic rings. The lowest BCUT2D eigenvalue weighted by Crippen LogP contribution is -2.44. The summed E-state index contributed by atoms with van der Waals surface area (Å²) in [5, 5.41) is 3.32. The van der Waals surface area contributed by atoms with Crippen LogP contribution in [0.15, 0.2) is 33.9 Å². The van der Waals surface area contributed by atoms with Gasteiger partial charge in [-0.25, -0.2) is 9.18 Å². The number of anilines is 2. The molecule has 7 heteroatoms. The number of benzene rings is 1. The summed E-state index contributed by atoms with van der Waals surface area (Å²) in [6, 6.07) is 6.38. The van der Waals surface area contributed by atoms with E-state index in [1.54, 1.807) is 13.1 Å². The number of aromatic nitrogens is 2. The van der Waals surface area contributed by atoms with Crippen molar-refractivity contribution < 1.29 is 4.39 Å². The fourth-order valence-corrected chi connectivity index (χ4v) is 3.37. The van der Waals surface area contributed by atoms with Crippen LogP contribution in [-0.4, -0.2) is 28.3 Å². The van der Waals surface area contributed by atoms with E-state index in [4.69, 9.17) is 0 Å². The summed E-state index contributed by atoms with van der Waals surface area (Å²) in [6.45, 7) is 3.54. The summed E-state index contributed by atoms with van der Waals surface area (Å²) >= 11 is 0. The summed E-state index contributed by atoms with van der Waals surface area (Å²) in [5.41, 5.74) is 1.25. The van der Waals surface area contributed by atoms with E-state index in [1.807, 2.05) is 6.92 Å². The van der Waals surface area contributed by atoms with Gasteiger partial charge in [0.1, 0.15) is 11.6 Å². The molecule has 0 spiro atoms. The van der Waals surface area contributed by atoms with Crippen LogP contribution in [0.25, 0.3) is 0 Å². The van der Waals surface area contributed by atoms with E-state index < -0.39 is 0 Å². The Morgan fingerprint density at radius 1 is 1.16 bits per heavy atom.